The maximum absolute atomic E-state index is 12.1. The molecule has 1 aromatic carbocycles. The van der Waals surface area contributed by atoms with Gasteiger partial charge in [-0.2, -0.15) is 0 Å². The Hall–Kier alpha value is -2.17. The SMILES string of the molecule is Cc1nc2ccc(C3=CCC4C3(C)CC=C3C=C5CC(O)CCC5CC[C@@]34O)cc2[nH]1. The van der Waals surface area contributed by atoms with Gasteiger partial charge in [0.2, 0.25) is 0 Å². The molecule has 4 aliphatic carbocycles. The molecule has 6 rings (SSSR count). The van der Waals surface area contributed by atoms with Crippen LogP contribution in [0.4, 0.5) is 0 Å². The molecule has 0 spiro atoms. The quantitative estimate of drug-likeness (QED) is 0.597. The van der Waals surface area contributed by atoms with E-state index in [1.165, 1.54) is 16.7 Å². The van der Waals surface area contributed by atoms with E-state index in [4.69, 9.17) is 0 Å². The third-order valence-corrected chi connectivity index (χ3v) is 8.73. The minimum atomic E-state index is -0.783. The largest absolute Gasteiger partial charge is 0.393 e. The number of allylic oxidation sites excluding steroid dienone is 3. The number of aromatic nitrogens is 2. The molecule has 4 aliphatic rings. The van der Waals surface area contributed by atoms with Crippen LogP contribution in [-0.4, -0.2) is 31.9 Å². The van der Waals surface area contributed by atoms with E-state index in [-0.39, 0.29) is 17.4 Å². The van der Waals surface area contributed by atoms with E-state index in [0.29, 0.717) is 5.92 Å². The number of aromatic amines is 1. The van der Waals surface area contributed by atoms with Gasteiger partial charge in [0.05, 0.1) is 22.7 Å². The minimum Gasteiger partial charge on any atom is -0.393 e. The van der Waals surface area contributed by atoms with E-state index < -0.39 is 5.60 Å². The summed E-state index contributed by atoms with van der Waals surface area (Å²) in [6, 6.07) is 6.52. The molecule has 1 saturated carbocycles. The van der Waals surface area contributed by atoms with E-state index in [1.54, 1.807) is 0 Å². The summed E-state index contributed by atoms with van der Waals surface area (Å²) in [4.78, 5) is 7.92. The Bertz CT molecular complexity index is 1160. The van der Waals surface area contributed by atoms with Crippen LogP contribution in [0.25, 0.3) is 16.6 Å². The molecule has 0 radical (unpaired) electrons. The summed E-state index contributed by atoms with van der Waals surface area (Å²) in [7, 11) is 0. The molecule has 5 atom stereocenters. The highest BCUT2D eigenvalue weighted by Gasteiger charge is 2.55. The second-order valence-electron chi connectivity index (χ2n) is 10.6. The monoisotopic (exact) mass is 416 g/mol. The zero-order chi connectivity index (χ0) is 21.4. The summed E-state index contributed by atoms with van der Waals surface area (Å²) in [5.74, 6) is 1.65. The number of imidazole rings is 1. The highest BCUT2D eigenvalue weighted by Crippen LogP contribution is 2.61. The molecule has 4 unspecified atom stereocenters. The van der Waals surface area contributed by atoms with Gasteiger partial charge in [-0.05, 0) is 86.6 Å². The fourth-order valence-corrected chi connectivity index (χ4v) is 7.07. The lowest BCUT2D eigenvalue weighted by Crippen LogP contribution is -2.48. The van der Waals surface area contributed by atoms with E-state index in [9.17, 15) is 10.2 Å². The number of H-pyrrole nitrogens is 1. The van der Waals surface area contributed by atoms with Gasteiger partial charge < -0.3 is 15.2 Å². The molecule has 0 saturated heterocycles. The molecule has 0 aliphatic heterocycles. The topological polar surface area (TPSA) is 69.1 Å². The zero-order valence-corrected chi connectivity index (χ0v) is 18.5. The normalized spacial score (nSPS) is 37.3. The second-order valence-corrected chi connectivity index (χ2v) is 10.6. The first-order chi connectivity index (χ1) is 14.9. The summed E-state index contributed by atoms with van der Waals surface area (Å²) >= 11 is 0. The van der Waals surface area contributed by atoms with Crippen molar-refractivity contribution in [1.29, 1.82) is 0 Å². The fourth-order valence-electron chi connectivity index (χ4n) is 7.07. The van der Waals surface area contributed by atoms with Crippen molar-refractivity contribution in [3.05, 3.63) is 59.0 Å². The lowest BCUT2D eigenvalue weighted by Gasteiger charge is -2.48. The van der Waals surface area contributed by atoms with E-state index >= 15 is 0 Å². The van der Waals surface area contributed by atoms with Crippen LogP contribution >= 0.6 is 0 Å². The van der Waals surface area contributed by atoms with Crippen LogP contribution in [0.2, 0.25) is 0 Å². The van der Waals surface area contributed by atoms with Gasteiger partial charge in [-0.15, -0.1) is 0 Å². The summed E-state index contributed by atoms with van der Waals surface area (Å²) in [6.07, 6.45) is 13.1. The van der Waals surface area contributed by atoms with Crippen molar-refractivity contribution in [2.24, 2.45) is 17.3 Å². The average Bonchev–Trinajstić information content (AvgIpc) is 3.24. The van der Waals surface area contributed by atoms with Crippen LogP contribution in [-0.2, 0) is 0 Å². The lowest BCUT2D eigenvalue weighted by atomic mass is 9.58. The number of rotatable bonds is 1. The third-order valence-electron chi connectivity index (χ3n) is 8.73. The number of aliphatic hydroxyl groups excluding tert-OH is 1. The Balaban J connectivity index is 1.38. The molecular formula is C27H32N2O2. The zero-order valence-electron chi connectivity index (χ0n) is 18.5. The fraction of sp³-hybridized carbons (Fsp3) is 0.519. The first-order valence-corrected chi connectivity index (χ1v) is 11.9. The van der Waals surface area contributed by atoms with Gasteiger partial charge in [-0.3, -0.25) is 0 Å². The standard InChI is InChI=1S/C27H32N2O2/c1-16-28-23-7-4-18(15-24(23)29-16)22-6-8-25-26(22,2)11-10-20-13-19-14-21(30)5-3-17(19)9-12-27(20,25)31/h4,6-7,10,13,15,17,21,25,30-31H,3,5,8-9,11-12,14H2,1-2H3,(H,28,29)/t17?,21?,25?,26?,27-/m1/s1. The second kappa shape index (κ2) is 6.66. The summed E-state index contributed by atoms with van der Waals surface area (Å²) < 4.78 is 0. The molecule has 1 heterocycles. The molecule has 1 fully saturated rings. The van der Waals surface area contributed by atoms with Crippen LogP contribution in [0.1, 0.15) is 63.3 Å². The van der Waals surface area contributed by atoms with E-state index in [2.05, 4.69) is 53.3 Å². The van der Waals surface area contributed by atoms with Crippen molar-refractivity contribution in [1.82, 2.24) is 9.97 Å². The minimum absolute atomic E-state index is 0.0749. The van der Waals surface area contributed by atoms with Crippen molar-refractivity contribution in [2.75, 3.05) is 0 Å². The molecule has 4 nitrogen and oxygen atoms in total. The molecule has 162 valence electrons. The number of benzene rings is 1. The molecule has 3 N–H and O–H groups in total. The maximum atomic E-state index is 12.1. The number of aliphatic hydroxyl groups is 2. The van der Waals surface area contributed by atoms with Crippen molar-refractivity contribution in [2.45, 2.75) is 70.5 Å². The summed E-state index contributed by atoms with van der Waals surface area (Å²) in [5, 5.41) is 22.3. The van der Waals surface area contributed by atoms with Crippen LogP contribution < -0.4 is 0 Å². The van der Waals surface area contributed by atoms with Crippen molar-refractivity contribution >= 4 is 16.6 Å². The number of fused-ring (bicyclic) bond motifs is 5. The van der Waals surface area contributed by atoms with Crippen LogP contribution in [0.3, 0.4) is 0 Å². The number of aryl methyl sites for hydroxylation is 1. The number of hydrogen-bond acceptors (Lipinski definition) is 3. The van der Waals surface area contributed by atoms with Gasteiger partial charge in [0, 0.05) is 11.3 Å². The average molecular weight is 417 g/mol. The highest BCUT2D eigenvalue weighted by atomic mass is 16.3. The maximum Gasteiger partial charge on any atom is 0.104 e. The van der Waals surface area contributed by atoms with Gasteiger partial charge in [-0.1, -0.05) is 36.8 Å². The molecule has 0 amide bonds. The highest BCUT2D eigenvalue weighted by molar-refractivity contribution is 5.83. The molecule has 0 bridgehead atoms. The van der Waals surface area contributed by atoms with Crippen LogP contribution in [0.5, 0.6) is 0 Å². The predicted molar refractivity (Wildman–Crippen MR) is 123 cm³/mol. The molecule has 31 heavy (non-hydrogen) atoms. The Morgan fingerprint density at radius 2 is 2.03 bits per heavy atom. The number of hydrogen-bond donors (Lipinski definition) is 3. The predicted octanol–water partition coefficient (Wildman–Crippen LogP) is 5.22. The number of nitrogens with zero attached hydrogens (tertiary/aromatic N) is 1. The molecule has 2 aromatic rings. The Kier molecular flexibility index (Phi) is 4.19. The van der Waals surface area contributed by atoms with Crippen molar-refractivity contribution in [3.8, 4) is 0 Å². The molecular weight excluding hydrogens is 384 g/mol. The van der Waals surface area contributed by atoms with Crippen molar-refractivity contribution < 1.29 is 10.2 Å². The number of nitrogens with one attached hydrogen (secondary N) is 1. The van der Waals surface area contributed by atoms with Gasteiger partial charge >= 0.3 is 0 Å². The molecule has 4 heteroatoms. The Morgan fingerprint density at radius 3 is 2.90 bits per heavy atom. The van der Waals surface area contributed by atoms with Crippen LogP contribution in [0, 0.1) is 24.2 Å². The summed E-state index contributed by atoms with van der Waals surface area (Å²) in [5.41, 5.74) is 6.29. The van der Waals surface area contributed by atoms with E-state index in [0.717, 1.165) is 67.4 Å². The first kappa shape index (κ1) is 19.5. The van der Waals surface area contributed by atoms with Gasteiger partial charge in [-0.25, -0.2) is 4.98 Å². The third kappa shape index (κ3) is 2.84. The van der Waals surface area contributed by atoms with Gasteiger partial charge in [0.25, 0.3) is 0 Å². The van der Waals surface area contributed by atoms with Crippen LogP contribution in [0.15, 0.2) is 47.6 Å². The van der Waals surface area contributed by atoms with Crippen molar-refractivity contribution in [3.63, 3.8) is 0 Å². The van der Waals surface area contributed by atoms with Gasteiger partial charge in [0.15, 0.2) is 0 Å². The van der Waals surface area contributed by atoms with Gasteiger partial charge in [0.1, 0.15) is 5.82 Å². The lowest BCUT2D eigenvalue weighted by molar-refractivity contribution is -0.0330. The Morgan fingerprint density at radius 1 is 1.16 bits per heavy atom. The molecule has 1 aromatic heterocycles. The first-order valence-electron chi connectivity index (χ1n) is 11.9. The van der Waals surface area contributed by atoms with E-state index in [1.807, 2.05) is 6.92 Å². The Labute approximate surface area is 183 Å². The summed E-state index contributed by atoms with van der Waals surface area (Å²) in [6.45, 7) is 4.34. The smallest absolute Gasteiger partial charge is 0.104 e.